The van der Waals surface area contributed by atoms with Gasteiger partial charge >= 0.3 is 0 Å². The molecule has 1 fully saturated rings. The van der Waals surface area contributed by atoms with Crippen LogP contribution in [0.1, 0.15) is 53.4 Å². The van der Waals surface area contributed by atoms with E-state index >= 15 is 0 Å². The Balaban J connectivity index is 2.46. The van der Waals surface area contributed by atoms with Crippen molar-refractivity contribution < 1.29 is 4.79 Å². The third-order valence-electron chi connectivity index (χ3n) is 3.74. The van der Waals surface area contributed by atoms with Gasteiger partial charge in [-0.15, -0.1) is 0 Å². The van der Waals surface area contributed by atoms with Gasteiger partial charge < -0.3 is 11.1 Å². The van der Waals surface area contributed by atoms with E-state index in [9.17, 15) is 4.79 Å². The standard InChI is InChI=1S/C13H26N2O/c1-9(13(2,3)4)15-12(16)10-6-5-7-11(14)8-10/h9-11H,5-8,14H2,1-4H3,(H,15,16). The molecule has 3 heteroatoms. The maximum Gasteiger partial charge on any atom is 0.223 e. The molecule has 3 atom stereocenters. The van der Waals surface area contributed by atoms with Crippen LogP contribution in [-0.2, 0) is 4.79 Å². The summed E-state index contributed by atoms with van der Waals surface area (Å²) in [7, 11) is 0. The van der Waals surface area contributed by atoms with Crippen LogP contribution in [0.4, 0.5) is 0 Å². The molecule has 0 radical (unpaired) electrons. The Morgan fingerprint density at radius 2 is 2.00 bits per heavy atom. The average molecular weight is 226 g/mol. The third kappa shape index (κ3) is 3.78. The second kappa shape index (κ2) is 5.17. The summed E-state index contributed by atoms with van der Waals surface area (Å²) in [6, 6.07) is 0.424. The minimum atomic E-state index is 0.118. The second-order valence-electron chi connectivity index (χ2n) is 6.22. The van der Waals surface area contributed by atoms with Gasteiger partial charge in [-0.05, 0) is 31.6 Å². The van der Waals surface area contributed by atoms with Crippen molar-refractivity contribution in [3.63, 3.8) is 0 Å². The lowest BCUT2D eigenvalue weighted by molar-refractivity contribution is -0.127. The Bertz CT molecular complexity index is 245. The largest absolute Gasteiger partial charge is 0.353 e. The fraction of sp³-hybridized carbons (Fsp3) is 0.923. The number of rotatable bonds is 2. The fourth-order valence-corrected chi connectivity index (χ4v) is 2.01. The molecular weight excluding hydrogens is 200 g/mol. The van der Waals surface area contributed by atoms with Gasteiger partial charge in [-0.3, -0.25) is 4.79 Å². The molecule has 0 spiro atoms. The maximum atomic E-state index is 12.0. The molecule has 0 aromatic carbocycles. The molecule has 0 bridgehead atoms. The molecule has 1 aliphatic carbocycles. The molecule has 0 heterocycles. The van der Waals surface area contributed by atoms with Gasteiger partial charge in [-0.2, -0.15) is 0 Å². The minimum absolute atomic E-state index is 0.118. The molecule has 1 amide bonds. The minimum Gasteiger partial charge on any atom is -0.353 e. The highest BCUT2D eigenvalue weighted by molar-refractivity contribution is 5.79. The number of amides is 1. The smallest absolute Gasteiger partial charge is 0.223 e. The summed E-state index contributed by atoms with van der Waals surface area (Å²) in [6.07, 6.45) is 4.00. The summed E-state index contributed by atoms with van der Waals surface area (Å²) in [5.74, 6) is 0.325. The highest BCUT2D eigenvalue weighted by atomic mass is 16.1. The van der Waals surface area contributed by atoms with E-state index in [1.54, 1.807) is 0 Å². The van der Waals surface area contributed by atoms with Crippen LogP contribution in [0.25, 0.3) is 0 Å². The van der Waals surface area contributed by atoms with E-state index in [1.165, 1.54) is 0 Å². The van der Waals surface area contributed by atoms with Crippen molar-refractivity contribution in [2.75, 3.05) is 0 Å². The Hall–Kier alpha value is -0.570. The van der Waals surface area contributed by atoms with Crippen LogP contribution in [0.3, 0.4) is 0 Å². The van der Waals surface area contributed by atoms with Crippen molar-refractivity contribution in [1.29, 1.82) is 0 Å². The quantitative estimate of drug-likeness (QED) is 0.757. The summed E-state index contributed by atoms with van der Waals surface area (Å²) in [6.45, 7) is 8.50. The molecule has 94 valence electrons. The predicted molar refractivity (Wildman–Crippen MR) is 67.0 cm³/mol. The van der Waals surface area contributed by atoms with Gasteiger partial charge in [0.2, 0.25) is 5.91 Å². The molecule has 3 nitrogen and oxygen atoms in total. The summed E-state index contributed by atoms with van der Waals surface area (Å²) < 4.78 is 0. The lowest BCUT2D eigenvalue weighted by Gasteiger charge is -2.32. The van der Waals surface area contributed by atoms with Crippen LogP contribution in [-0.4, -0.2) is 18.0 Å². The van der Waals surface area contributed by atoms with Gasteiger partial charge in [-0.25, -0.2) is 0 Å². The van der Waals surface area contributed by atoms with Crippen molar-refractivity contribution in [3.05, 3.63) is 0 Å². The van der Waals surface area contributed by atoms with Crippen LogP contribution in [0.15, 0.2) is 0 Å². The van der Waals surface area contributed by atoms with E-state index in [1.807, 2.05) is 0 Å². The van der Waals surface area contributed by atoms with Gasteiger partial charge in [0.25, 0.3) is 0 Å². The van der Waals surface area contributed by atoms with Crippen LogP contribution in [0, 0.1) is 11.3 Å². The first kappa shape index (κ1) is 13.5. The number of hydrogen-bond acceptors (Lipinski definition) is 2. The van der Waals surface area contributed by atoms with E-state index in [2.05, 4.69) is 33.0 Å². The first-order valence-electron chi connectivity index (χ1n) is 6.36. The van der Waals surface area contributed by atoms with Crippen molar-refractivity contribution >= 4 is 5.91 Å². The summed E-state index contributed by atoms with van der Waals surface area (Å²) in [5.41, 5.74) is 6.02. The van der Waals surface area contributed by atoms with Gasteiger partial charge in [0.15, 0.2) is 0 Å². The number of nitrogens with one attached hydrogen (secondary N) is 1. The molecule has 0 saturated heterocycles. The molecule has 3 unspecified atom stereocenters. The Morgan fingerprint density at radius 1 is 1.38 bits per heavy atom. The molecular formula is C13H26N2O. The lowest BCUT2D eigenvalue weighted by atomic mass is 9.84. The zero-order valence-electron chi connectivity index (χ0n) is 11.0. The molecule has 1 saturated carbocycles. The van der Waals surface area contributed by atoms with E-state index in [0.717, 1.165) is 25.7 Å². The monoisotopic (exact) mass is 226 g/mol. The molecule has 1 aliphatic rings. The number of hydrogen-bond donors (Lipinski definition) is 2. The number of nitrogens with two attached hydrogens (primary N) is 1. The maximum absolute atomic E-state index is 12.0. The molecule has 1 rings (SSSR count). The molecule has 0 aliphatic heterocycles. The third-order valence-corrected chi connectivity index (χ3v) is 3.74. The topological polar surface area (TPSA) is 55.1 Å². The highest BCUT2D eigenvalue weighted by Gasteiger charge is 2.28. The Kier molecular flexibility index (Phi) is 4.36. The predicted octanol–water partition coefficient (Wildman–Crippen LogP) is 2.05. The molecule has 0 aromatic heterocycles. The SMILES string of the molecule is CC(NC(=O)C1CCCC(N)C1)C(C)(C)C. The van der Waals surface area contributed by atoms with E-state index < -0.39 is 0 Å². The van der Waals surface area contributed by atoms with Gasteiger partial charge in [0.05, 0.1) is 0 Å². The van der Waals surface area contributed by atoms with E-state index in [-0.39, 0.29) is 29.3 Å². The van der Waals surface area contributed by atoms with Crippen LogP contribution < -0.4 is 11.1 Å². The van der Waals surface area contributed by atoms with Crippen LogP contribution >= 0.6 is 0 Å². The highest BCUT2D eigenvalue weighted by Crippen LogP contribution is 2.25. The summed E-state index contributed by atoms with van der Waals surface area (Å²) >= 11 is 0. The van der Waals surface area contributed by atoms with Gasteiger partial charge in [0, 0.05) is 18.0 Å². The van der Waals surface area contributed by atoms with Gasteiger partial charge in [-0.1, -0.05) is 27.2 Å². The van der Waals surface area contributed by atoms with Crippen molar-refractivity contribution in [1.82, 2.24) is 5.32 Å². The van der Waals surface area contributed by atoms with Crippen molar-refractivity contribution in [2.24, 2.45) is 17.1 Å². The molecule has 3 N–H and O–H groups in total. The lowest BCUT2D eigenvalue weighted by Crippen LogP contribution is -2.46. The molecule has 16 heavy (non-hydrogen) atoms. The number of carbonyl (C=O) groups is 1. The average Bonchev–Trinajstić information content (AvgIpc) is 2.16. The van der Waals surface area contributed by atoms with Crippen molar-refractivity contribution in [2.45, 2.75) is 65.5 Å². The normalized spacial score (nSPS) is 28.6. The summed E-state index contributed by atoms with van der Waals surface area (Å²) in [4.78, 5) is 12.0. The fourth-order valence-electron chi connectivity index (χ4n) is 2.01. The first-order chi connectivity index (χ1) is 7.30. The van der Waals surface area contributed by atoms with Crippen LogP contribution in [0.2, 0.25) is 0 Å². The van der Waals surface area contributed by atoms with E-state index in [0.29, 0.717) is 0 Å². The molecule has 0 aromatic rings. The second-order valence-corrected chi connectivity index (χ2v) is 6.22. The Labute approximate surface area is 99.2 Å². The number of carbonyl (C=O) groups excluding carboxylic acids is 1. The zero-order valence-corrected chi connectivity index (χ0v) is 11.0. The van der Waals surface area contributed by atoms with Crippen LogP contribution in [0.5, 0.6) is 0 Å². The van der Waals surface area contributed by atoms with E-state index in [4.69, 9.17) is 5.73 Å². The zero-order chi connectivity index (χ0) is 12.3. The van der Waals surface area contributed by atoms with Crippen molar-refractivity contribution in [3.8, 4) is 0 Å². The Morgan fingerprint density at radius 3 is 2.50 bits per heavy atom. The summed E-state index contributed by atoms with van der Waals surface area (Å²) in [5, 5.41) is 3.12. The van der Waals surface area contributed by atoms with Gasteiger partial charge in [0.1, 0.15) is 0 Å². The first-order valence-corrected chi connectivity index (χ1v) is 6.36.